The van der Waals surface area contributed by atoms with E-state index in [9.17, 15) is 4.79 Å². The number of carbonyl (C=O) groups excluding carboxylic acids is 1. The summed E-state index contributed by atoms with van der Waals surface area (Å²) >= 11 is 0. The number of amides is 1. The number of carbonyl (C=O) groups is 1. The van der Waals surface area contributed by atoms with Crippen molar-refractivity contribution >= 4 is 18.3 Å². The first-order chi connectivity index (χ1) is 9.08. The number of likely N-dealkylation sites (tertiary alicyclic amines) is 1. The normalized spacial score (nSPS) is 21.1. The molecule has 2 rings (SSSR count). The summed E-state index contributed by atoms with van der Waals surface area (Å²) in [5.41, 5.74) is 7.18. The highest BCUT2D eigenvalue weighted by molar-refractivity contribution is 5.85. The van der Waals surface area contributed by atoms with Gasteiger partial charge in [0.1, 0.15) is 0 Å². The fraction of sp³-hybridized carbons (Fsp3) is 0.562. The lowest BCUT2D eigenvalue weighted by molar-refractivity contribution is -0.134. The van der Waals surface area contributed by atoms with E-state index in [1.807, 2.05) is 24.8 Å². The largest absolute Gasteiger partial charge is 0.342 e. The molecule has 0 aliphatic carbocycles. The third-order valence-electron chi connectivity index (χ3n) is 4.14. The SMILES string of the molecule is CC(N)C(C)C(=O)N1CCC(Cc2ccccc2)C1.Cl. The van der Waals surface area contributed by atoms with E-state index in [0.717, 1.165) is 25.9 Å². The van der Waals surface area contributed by atoms with E-state index >= 15 is 0 Å². The topological polar surface area (TPSA) is 46.3 Å². The number of nitrogens with zero attached hydrogens (tertiary/aromatic N) is 1. The lowest BCUT2D eigenvalue weighted by Gasteiger charge is -2.23. The van der Waals surface area contributed by atoms with Gasteiger partial charge in [0.2, 0.25) is 5.91 Å². The zero-order valence-corrected chi connectivity index (χ0v) is 13.1. The Hall–Kier alpha value is -1.06. The van der Waals surface area contributed by atoms with Crippen molar-refractivity contribution in [1.29, 1.82) is 0 Å². The van der Waals surface area contributed by atoms with Gasteiger partial charge in [0.15, 0.2) is 0 Å². The molecule has 20 heavy (non-hydrogen) atoms. The summed E-state index contributed by atoms with van der Waals surface area (Å²) in [6.45, 7) is 5.59. The van der Waals surface area contributed by atoms with Crippen LogP contribution in [0.3, 0.4) is 0 Å². The summed E-state index contributed by atoms with van der Waals surface area (Å²) in [5.74, 6) is 0.729. The van der Waals surface area contributed by atoms with E-state index in [0.29, 0.717) is 5.92 Å². The minimum Gasteiger partial charge on any atom is -0.342 e. The highest BCUT2D eigenvalue weighted by Crippen LogP contribution is 2.22. The Balaban J connectivity index is 0.00000200. The molecular weight excluding hydrogens is 272 g/mol. The highest BCUT2D eigenvalue weighted by Gasteiger charge is 2.30. The zero-order valence-electron chi connectivity index (χ0n) is 12.3. The van der Waals surface area contributed by atoms with Crippen LogP contribution in [0.2, 0.25) is 0 Å². The van der Waals surface area contributed by atoms with Gasteiger partial charge in [0.05, 0.1) is 5.92 Å². The fourth-order valence-corrected chi connectivity index (χ4v) is 2.66. The molecule has 1 aliphatic rings. The maximum atomic E-state index is 12.2. The fourth-order valence-electron chi connectivity index (χ4n) is 2.66. The van der Waals surface area contributed by atoms with Crippen molar-refractivity contribution in [3.05, 3.63) is 35.9 Å². The second kappa shape index (κ2) is 7.65. The maximum Gasteiger partial charge on any atom is 0.226 e. The molecule has 1 aromatic rings. The van der Waals surface area contributed by atoms with Gasteiger partial charge in [-0.05, 0) is 31.2 Å². The maximum absolute atomic E-state index is 12.2. The van der Waals surface area contributed by atoms with Gasteiger partial charge in [0, 0.05) is 19.1 Å². The van der Waals surface area contributed by atoms with Gasteiger partial charge in [-0.1, -0.05) is 37.3 Å². The predicted molar refractivity (Wildman–Crippen MR) is 84.9 cm³/mol. The minimum atomic E-state index is -0.0736. The van der Waals surface area contributed by atoms with Gasteiger partial charge < -0.3 is 10.6 Å². The molecule has 1 aliphatic heterocycles. The van der Waals surface area contributed by atoms with Crippen LogP contribution < -0.4 is 5.73 Å². The van der Waals surface area contributed by atoms with Crippen molar-refractivity contribution in [2.45, 2.75) is 32.7 Å². The van der Waals surface area contributed by atoms with Crippen LogP contribution in [0, 0.1) is 11.8 Å². The van der Waals surface area contributed by atoms with Crippen molar-refractivity contribution in [1.82, 2.24) is 4.90 Å². The number of rotatable bonds is 4. The first-order valence-corrected chi connectivity index (χ1v) is 7.16. The molecule has 0 bridgehead atoms. The van der Waals surface area contributed by atoms with Gasteiger partial charge >= 0.3 is 0 Å². The molecule has 0 aromatic heterocycles. The van der Waals surface area contributed by atoms with E-state index in [1.54, 1.807) is 0 Å². The third kappa shape index (κ3) is 4.22. The summed E-state index contributed by atoms with van der Waals surface area (Å²) in [7, 11) is 0. The zero-order chi connectivity index (χ0) is 13.8. The lowest BCUT2D eigenvalue weighted by atomic mass is 9.99. The van der Waals surface area contributed by atoms with Crippen LogP contribution in [-0.2, 0) is 11.2 Å². The molecular formula is C16H25ClN2O. The Kier molecular flexibility index (Phi) is 6.50. The Morgan fingerprint density at radius 3 is 2.60 bits per heavy atom. The summed E-state index contributed by atoms with van der Waals surface area (Å²) < 4.78 is 0. The standard InChI is InChI=1S/C16H24N2O.ClH/c1-12(13(2)17)16(19)18-9-8-15(11-18)10-14-6-4-3-5-7-14;/h3-7,12-13,15H,8-11,17H2,1-2H3;1H. The Bertz CT molecular complexity index is 422. The molecule has 0 saturated carbocycles. The van der Waals surface area contributed by atoms with E-state index in [1.165, 1.54) is 5.56 Å². The van der Waals surface area contributed by atoms with Crippen LogP contribution >= 0.6 is 12.4 Å². The molecule has 1 fully saturated rings. The highest BCUT2D eigenvalue weighted by atomic mass is 35.5. The van der Waals surface area contributed by atoms with E-state index in [4.69, 9.17) is 5.73 Å². The monoisotopic (exact) mass is 296 g/mol. The van der Waals surface area contributed by atoms with Gasteiger partial charge in [-0.15, -0.1) is 12.4 Å². The van der Waals surface area contributed by atoms with Gasteiger partial charge in [-0.25, -0.2) is 0 Å². The molecule has 3 nitrogen and oxygen atoms in total. The van der Waals surface area contributed by atoms with Crippen LogP contribution in [0.1, 0.15) is 25.8 Å². The molecule has 1 aromatic carbocycles. The van der Waals surface area contributed by atoms with Crippen LogP contribution in [0.5, 0.6) is 0 Å². The summed E-state index contributed by atoms with van der Waals surface area (Å²) in [6, 6.07) is 10.4. The Morgan fingerprint density at radius 2 is 2.00 bits per heavy atom. The molecule has 2 N–H and O–H groups in total. The number of nitrogens with two attached hydrogens (primary N) is 1. The van der Waals surface area contributed by atoms with E-state index in [-0.39, 0.29) is 30.3 Å². The number of halogens is 1. The smallest absolute Gasteiger partial charge is 0.226 e. The van der Waals surface area contributed by atoms with Gasteiger partial charge in [-0.3, -0.25) is 4.79 Å². The molecule has 0 radical (unpaired) electrons. The van der Waals surface area contributed by atoms with Gasteiger partial charge in [0.25, 0.3) is 0 Å². The number of benzene rings is 1. The molecule has 1 saturated heterocycles. The molecule has 3 atom stereocenters. The van der Waals surface area contributed by atoms with Crippen molar-refractivity contribution in [3.8, 4) is 0 Å². The summed E-state index contributed by atoms with van der Waals surface area (Å²) in [5, 5.41) is 0. The van der Waals surface area contributed by atoms with Crippen molar-refractivity contribution in [2.24, 2.45) is 17.6 Å². The Morgan fingerprint density at radius 1 is 1.35 bits per heavy atom. The van der Waals surface area contributed by atoms with Gasteiger partial charge in [-0.2, -0.15) is 0 Å². The average Bonchev–Trinajstić information content (AvgIpc) is 2.86. The summed E-state index contributed by atoms with van der Waals surface area (Å²) in [6.07, 6.45) is 2.17. The summed E-state index contributed by atoms with van der Waals surface area (Å²) in [4.78, 5) is 14.2. The molecule has 3 unspecified atom stereocenters. The second-order valence-electron chi connectivity index (χ2n) is 5.78. The van der Waals surface area contributed by atoms with Crippen LogP contribution in [0.25, 0.3) is 0 Å². The number of hydrogen-bond acceptors (Lipinski definition) is 2. The van der Waals surface area contributed by atoms with Crippen molar-refractivity contribution in [3.63, 3.8) is 0 Å². The second-order valence-corrected chi connectivity index (χ2v) is 5.78. The van der Waals surface area contributed by atoms with Crippen molar-refractivity contribution < 1.29 is 4.79 Å². The van der Waals surface area contributed by atoms with Crippen LogP contribution in [-0.4, -0.2) is 29.9 Å². The molecule has 1 heterocycles. The first-order valence-electron chi connectivity index (χ1n) is 7.16. The lowest BCUT2D eigenvalue weighted by Crippen LogP contribution is -2.40. The van der Waals surface area contributed by atoms with Crippen LogP contribution in [0.15, 0.2) is 30.3 Å². The predicted octanol–water partition coefficient (Wildman–Crippen LogP) is 2.48. The van der Waals surface area contributed by atoms with E-state index < -0.39 is 0 Å². The minimum absolute atomic E-state index is 0. The third-order valence-corrected chi connectivity index (χ3v) is 4.14. The van der Waals surface area contributed by atoms with Crippen LogP contribution in [0.4, 0.5) is 0 Å². The Labute approximate surface area is 127 Å². The molecule has 4 heteroatoms. The molecule has 112 valence electrons. The quantitative estimate of drug-likeness (QED) is 0.928. The molecule has 0 spiro atoms. The molecule has 1 amide bonds. The average molecular weight is 297 g/mol. The van der Waals surface area contributed by atoms with E-state index in [2.05, 4.69) is 24.3 Å². The first kappa shape index (κ1) is 17.0. The number of hydrogen-bond donors (Lipinski definition) is 1. The van der Waals surface area contributed by atoms with Crippen molar-refractivity contribution in [2.75, 3.05) is 13.1 Å².